The minimum atomic E-state index is -0.437. The molecule has 0 aliphatic carbocycles. The van der Waals surface area contributed by atoms with Crippen molar-refractivity contribution in [3.05, 3.63) is 111 Å². The number of para-hydroxylation sites is 1. The van der Waals surface area contributed by atoms with E-state index >= 15 is 0 Å². The van der Waals surface area contributed by atoms with Crippen molar-refractivity contribution in [1.29, 1.82) is 0 Å². The summed E-state index contributed by atoms with van der Waals surface area (Å²) in [4.78, 5) is 25.9. The molecule has 1 fully saturated rings. The number of ether oxygens (including phenoxy) is 2. The lowest BCUT2D eigenvalue weighted by Crippen LogP contribution is -2.27. The highest BCUT2D eigenvalue weighted by Gasteiger charge is 2.33. The summed E-state index contributed by atoms with van der Waals surface area (Å²) in [7, 11) is 0. The van der Waals surface area contributed by atoms with E-state index in [9.17, 15) is 14.9 Å². The Hall–Kier alpha value is -3.95. The van der Waals surface area contributed by atoms with Gasteiger partial charge in [0.2, 0.25) is 0 Å². The summed E-state index contributed by atoms with van der Waals surface area (Å²) in [6.07, 6.45) is 4.04. The van der Waals surface area contributed by atoms with Crippen molar-refractivity contribution in [1.82, 2.24) is 0 Å². The normalized spacial score (nSPS) is 14.2. The number of non-ortho nitro benzene ring substituents is 1. The van der Waals surface area contributed by atoms with Gasteiger partial charge < -0.3 is 9.47 Å². The first kappa shape index (κ1) is 26.1. The van der Waals surface area contributed by atoms with Crippen LogP contribution in [0.25, 0.3) is 6.08 Å². The minimum absolute atomic E-state index is 0.000566. The van der Waals surface area contributed by atoms with Gasteiger partial charge in [0.25, 0.3) is 11.6 Å². The maximum atomic E-state index is 13.2. The number of rotatable bonds is 10. The van der Waals surface area contributed by atoms with Crippen LogP contribution in [0.5, 0.6) is 11.5 Å². The molecule has 0 radical (unpaired) electrons. The van der Waals surface area contributed by atoms with E-state index in [-0.39, 0.29) is 18.2 Å². The van der Waals surface area contributed by atoms with E-state index in [0.717, 1.165) is 16.8 Å². The molecule has 0 saturated carbocycles. The molecular weight excluding hydrogens is 508 g/mol. The Bertz CT molecular complexity index is 1390. The van der Waals surface area contributed by atoms with E-state index in [0.29, 0.717) is 39.3 Å². The predicted octanol–water partition coefficient (Wildman–Crippen LogP) is 6.71. The average molecular weight is 533 g/mol. The summed E-state index contributed by atoms with van der Waals surface area (Å²) in [5, 5.41) is 11.1. The van der Waals surface area contributed by atoms with Gasteiger partial charge in [-0.3, -0.25) is 19.8 Å². The van der Waals surface area contributed by atoms with Crippen LogP contribution in [-0.4, -0.2) is 21.8 Å². The van der Waals surface area contributed by atoms with Crippen molar-refractivity contribution in [2.45, 2.75) is 20.0 Å². The average Bonchev–Trinajstić information content (AvgIpc) is 3.16. The van der Waals surface area contributed by atoms with Crippen LogP contribution in [0.4, 0.5) is 11.4 Å². The fourth-order valence-electron chi connectivity index (χ4n) is 3.83. The SMILES string of the molecule is C=CCc1cc(/C=C2/SC(=S)N(c3ccccc3)C2=O)cc(OCC)c1OCc1cccc([N+](=O)[O-])c1. The summed E-state index contributed by atoms with van der Waals surface area (Å²) < 4.78 is 12.5. The molecule has 0 spiro atoms. The van der Waals surface area contributed by atoms with Gasteiger partial charge in [-0.05, 0) is 54.8 Å². The molecule has 1 aliphatic rings. The van der Waals surface area contributed by atoms with Crippen molar-refractivity contribution in [2.24, 2.45) is 0 Å². The first-order valence-corrected chi connectivity index (χ1v) is 12.7. The van der Waals surface area contributed by atoms with Crippen molar-refractivity contribution in [2.75, 3.05) is 11.5 Å². The van der Waals surface area contributed by atoms with E-state index in [2.05, 4.69) is 6.58 Å². The molecule has 7 nitrogen and oxygen atoms in total. The summed E-state index contributed by atoms with van der Waals surface area (Å²) in [5.74, 6) is 0.856. The Labute approximate surface area is 224 Å². The Morgan fingerprint density at radius 1 is 1.11 bits per heavy atom. The van der Waals surface area contributed by atoms with Gasteiger partial charge in [-0.25, -0.2) is 0 Å². The number of nitro groups is 1. The van der Waals surface area contributed by atoms with Crippen LogP contribution in [0, 0.1) is 10.1 Å². The lowest BCUT2D eigenvalue weighted by molar-refractivity contribution is -0.384. The zero-order chi connectivity index (χ0) is 26.4. The topological polar surface area (TPSA) is 81.9 Å². The van der Waals surface area contributed by atoms with Crippen LogP contribution in [0.3, 0.4) is 0 Å². The molecule has 1 amide bonds. The number of anilines is 1. The summed E-state index contributed by atoms with van der Waals surface area (Å²) in [6, 6.07) is 19.3. The van der Waals surface area contributed by atoms with Gasteiger partial charge in [0, 0.05) is 17.7 Å². The number of nitrogens with zero attached hydrogens (tertiary/aromatic N) is 2. The van der Waals surface area contributed by atoms with Crippen molar-refractivity contribution in [3.8, 4) is 11.5 Å². The Balaban J connectivity index is 1.65. The van der Waals surface area contributed by atoms with Gasteiger partial charge in [0.05, 0.1) is 22.1 Å². The monoisotopic (exact) mass is 532 g/mol. The standard InChI is InChI=1S/C28H24N2O5S2/c1-3-9-21-14-20(17-25-27(31)29(28(36)37-25)22-11-6-5-7-12-22)16-24(34-4-2)26(21)35-18-19-10-8-13-23(15-19)30(32)33/h3,5-8,10-17H,1,4,9,18H2,2H3/b25-17+. The number of thioether (sulfide) groups is 1. The number of thiocarbonyl (C=S) groups is 1. The summed E-state index contributed by atoms with van der Waals surface area (Å²) >= 11 is 6.73. The molecule has 1 heterocycles. The van der Waals surface area contributed by atoms with Crippen LogP contribution in [0.15, 0.2) is 84.3 Å². The number of amides is 1. The largest absolute Gasteiger partial charge is 0.490 e. The number of benzene rings is 3. The number of carbonyl (C=O) groups excluding carboxylic acids is 1. The Kier molecular flexibility index (Phi) is 8.37. The smallest absolute Gasteiger partial charge is 0.270 e. The third kappa shape index (κ3) is 6.07. The van der Waals surface area contributed by atoms with Crippen LogP contribution < -0.4 is 14.4 Å². The van der Waals surface area contributed by atoms with Crippen molar-refractivity contribution in [3.63, 3.8) is 0 Å². The maximum Gasteiger partial charge on any atom is 0.270 e. The molecule has 188 valence electrons. The fraction of sp³-hybridized carbons (Fsp3) is 0.143. The van der Waals surface area contributed by atoms with E-state index in [1.807, 2.05) is 49.4 Å². The van der Waals surface area contributed by atoms with Gasteiger partial charge in [-0.1, -0.05) is 60.4 Å². The minimum Gasteiger partial charge on any atom is -0.490 e. The molecular formula is C28H24N2O5S2. The molecule has 4 rings (SSSR count). The summed E-state index contributed by atoms with van der Waals surface area (Å²) in [5.41, 5.74) is 2.96. The lowest BCUT2D eigenvalue weighted by atomic mass is 10.0. The summed E-state index contributed by atoms with van der Waals surface area (Å²) in [6.45, 7) is 6.25. The highest BCUT2D eigenvalue weighted by atomic mass is 32.2. The molecule has 1 aliphatic heterocycles. The Morgan fingerprint density at radius 2 is 1.89 bits per heavy atom. The predicted molar refractivity (Wildman–Crippen MR) is 151 cm³/mol. The molecule has 0 bridgehead atoms. The highest BCUT2D eigenvalue weighted by Crippen LogP contribution is 2.39. The molecule has 0 N–H and O–H groups in total. The number of hydrogen-bond donors (Lipinski definition) is 0. The second-order valence-corrected chi connectivity index (χ2v) is 9.68. The van der Waals surface area contributed by atoms with Gasteiger partial charge in [0.15, 0.2) is 15.8 Å². The molecule has 3 aromatic carbocycles. The van der Waals surface area contributed by atoms with Gasteiger partial charge in [-0.15, -0.1) is 6.58 Å². The van der Waals surface area contributed by atoms with Crippen LogP contribution >= 0.6 is 24.0 Å². The number of nitro benzene ring substituents is 1. The maximum absolute atomic E-state index is 13.2. The molecule has 1 saturated heterocycles. The van der Waals surface area contributed by atoms with Crippen LogP contribution in [0.1, 0.15) is 23.6 Å². The third-order valence-corrected chi connectivity index (χ3v) is 6.73. The van der Waals surface area contributed by atoms with Crippen molar-refractivity contribution < 1.29 is 19.2 Å². The second kappa shape index (κ2) is 11.9. The second-order valence-electron chi connectivity index (χ2n) is 8.00. The van der Waals surface area contributed by atoms with Crippen LogP contribution in [-0.2, 0) is 17.8 Å². The van der Waals surface area contributed by atoms with Gasteiger partial charge in [-0.2, -0.15) is 0 Å². The first-order chi connectivity index (χ1) is 17.9. The molecule has 0 atom stereocenters. The molecule has 9 heteroatoms. The van der Waals surface area contributed by atoms with Gasteiger partial charge >= 0.3 is 0 Å². The first-order valence-electron chi connectivity index (χ1n) is 11.5. The highest BCUT2D eigenvalue weighted by molar-refractivity contribution is 8.27. The molecule has 0 unspecified atom stereocenters. The lowest BCUT2D eigenvalue weighted by Gasteiger charge is -2.17. The zero-order valence-corrected chi connectivity index (χ0v) is 21.7. The van der Waals surface area contributed by atoms with E-state index < -0.39 is 4.92 Å². The molecule has 0 aromatic heterocycles. The van der Waals surface area contributed by atoms with E-state index in [4.69, 9.17) is 21.7 Å². The molecule has 3 aromatic rings. The van der Waals surface area contributed by atoms with E-state index in [1.165, 1.54) is 28.8 Å². The van der Waals surface area contributed by atoms with Crippen LogP contribution in [0.2, 0.25) is 0 Å². The third-order valence-electron chi connectivity index (χ3n) is 5.43. The number of allylic oxidation sites excluding steroid dienone is 1. The van der Waals surface area contributed by atoms with Crippen molar-refractivity contribution >= 4 is 51.7 Å². The quantitative estimate of drug-likeness (QED) is 0.0944. The van der Waals surface area contributed by atoms with Gasteiger partial charge in [0.1, 0.15) is 6.61 Å². The zero-order valence-electron chi connectivity index (χ0n) is 20.1. The number of carbonyl (C=O) groups is 1. The Morgan fingerprint density at radius 3 is 2.59 bits per heavy atom. The van der Waals surface area contributed by atoms with E-state index in [1.54, 1.807) is 24.3 Å². The molecule has 37 heavy (non-hydrogen) atoms. The fourth-order valence-corrected chi connectivity index (χ4v) is 5.13. The number of hydrogen-bond acceptors (Lipinski definition) is 7.